The zero-order valence-corrected chi connectivity index (χ0v) is 5.11. The summed E-state index contributed by atoms with van der Waals surface area (Å²) in [5.41, 5.74) is 8.17. The molecule has 0 fully saturated rings. The third-order valence-corrected chi connectivity index (χ3v) is 1.07. The summed E-state index contributed by atoms with van der Waals surface area (Å²) < 4.78 is 0. The molecule has 56 valence electrons. The lowest BCUT2D eigenvalue weighted by Crippen LogP contribution is -2.62. The Labute approximate surface area is 56.9 Å². The Morgan fingerprint density at radius 3 is 2.90 bits per heavy atom. The Kier molecular flexibility index (Phi) is 1.43. The monoisotopic (exact) mass is 144 g/mol. The number of hydrogen-bond donors (Lipinski definition) is 4. The van der Waals surface area contributed by atoms with Gasteiger partial charge >= 0.3 is 0 Å². The lowest BCUT2D eigenvalue weighted by Gasteiger charge is -2.23. The summed E-state index contributed by atoms with van der Waals surface area (Å²) in [6, 6.07) is 0. The lowest BCUT2D eigenvalue weighted by atomic mass is 10.2. The molecule has 6 nitrogen and oxygen atoms in total. The molecule has 0 bridgehead atoms. The molecule has 2 atom stereocenters. The first-order valence-corrected chi connectivity index (χ1v) is 2.64. The van der Waals surface area contributed by atoms with E-state index < -0.39 is 17.9 Å². The maximum atomic E-state index is 10.7. The van der Waals surface area contributed by atoms with Gasteiger partial charge in [0.05, 0.1) is 6.21 Å². The SMILES string of the molecule is NC1N=CC(N)(O)C(=O)N1. The highest BCUT2D eigenvalue weighted by Crippen LogP contribution is 1.97. The van der Waals surface area contributed by atoms with E-state index in [0.717, 1.165) is 6.21 Å². The molecule has 1 heterocycles. The summed E-state index contributed by atoms with van der Waals surface area (Å²) in [4.78, 5) is 14.1. The number of nitrogens with zero attached hydrogens (tertiary/aromatic N) is 1. The van der Waals surface area contributed by atoms with Gasteiger partial charge < -0.3 is 10.4 Å². The molecule has 6 N–H and O–H groups in total. The number of nitrogens with two attached hydrogens (primary N) is 2. The maximum Gasteiger partial charge on any atom is 0.275 e. The number of hydrogen-bond acceptors (Lipinski definition) is 5. The summed E-state index contributed by atoms with van der Waals surface area (Å²) in [5, 5.41) is 11.1. The smallest absolute Gasteiger partial charge is 0.275 e. The van der Waals surface area contributed by atoms with E-state index in [4.69, 9.17) is 16.6 Å². The van der Waals surface area contributed by atoms with Gasteiger partial charge in [0.15, 0.2) is 6.29 Å². The average Bonchev–Trinajstić information content (AvgIpc) is 1.81. The molecular formula is C4H8N4O2. The van der Waals surface area contributed by atoms with Crippen LogP contribution in [0.15, 0.2) is 4.99 Å². The van der Waals surface area contributed by atoms with Gasteiger partial charge in [-0.25, -0.2) is 0 Å². The molecule has 10 heavy (non-hydrogen) atoms. The molecule has 0 aliphatic carbocycles. The van der Waals surface area contributed by atoms with E-state index in [1.807, 2.05) is 0 Å². The molecule has 1 amide bonds. The van der Waals surface area contributed by atoms with Gasteiger partial charge in [-0.05, 0) is 0 Å². The number of rotatable bonds is 0. The normalized spacial score (nSPS) is 39.5. The Bertz CT molecular complexity index is 188. The number of aliphatic hydroxyl groups is 1. The van der Waals surface area contributed by atoms with Gasteiger partial charge in [0, 0.05) is 0 Å². The second-order valence-corrected chi connectivity index (χ2v) is 2.02. The van der Waals surface area contributed by atoms with Crippen molar-refractivity contribution in [3.63, 3.8) is 0 Å². The minimum atomic E-state index is -2.00. The van der Waals surface area contributed by atoms with E-state index in [2.05, 4.69) is 10.3 Å². The molecule has 0 aromatic heterocycles. The van der Waals surface area contributed by atoms with Crippen LogP contribution in [0.1, 0.15) is 0 Å². The maximum absolute atomic E-state index is 10.7. The zero-order valence-electron chi connectivity index (χ0n) is 5.11. The summed E-state index contributed by atoms with van der Waals surface area (Å²) in [7, 11) is 0. The first kappa shape index (κ1) is 7.13. The van der Waals surface area contributed by atoms with Crippen LogP contribution < -0.4 is 16.8 Å². The van der Waals surface area contributed by atoms with Crippen molar-refractivity contribution in [1.82, 2.24) is 5.32 Å². The summed E-state index contributed by atoms with van der Waals surface area (Å²) in [5.74, 6) is -0.741. The van der Waals surface area contributed by atoms with Crippen LogP contribution in [0, 0.1) is 0 Å². The van der Waals surface area contributed by atoms with Gasteiger partial charge in [-0.2, -0.15) is 0 Å². The molecule has 6 heteroatoms. The molecule has 0 aromatic rings. The molecule has 1 rings (SSSR count). The number of carbonyl (C=O) groups is 1. The molecule has 0 saturated carbocycles. The Morgan fingerprint density at radius 1 is 1.90 bits per heavy atom. The Hall–Kier alpha value is -0.980. The van der Waals surface area contributed by atoms with Gasteiger partial charge in [0.2, 0.25) is 5.72 Å². The highest BCUT2D eigenvalue weighted by molar-refractivity contribution is 6.02. The number of nitrogens with one attached hydrogen (secondary N) is 1. The highest BCUT2D eigenvalue weighted by Gasteiger charge is 2.33. The molecule has 2 unspecified atom stereocenters. The van der Waals surface area contributed by atoms with Gasteiger partial charge in [-0.1, -0.05) is 0 Å². The second kappa shape index (κ2) is 2.01. The zero-order chi connectivity index (χ0) is 7.78. The largest absolute Gasteiger partial charge is 0.363 e. The average molecular weight is 144 g/mol. The summed E-state index contributed by atoms with van der Waals surface area (Å²) in [6.07, 6.45) is 0.118. The minimum absolute atomic E-state index is 0.741. The fraction of sp³-hybridized carbons (Fsp3) is 0.500. The van der Waals surface area contributed by atoms with E-state index in [1.165, 1.54) is 0 Å². The van der Waals surface area contributed by atoms with Crippen LogP contribution in [0.3, 0.4) is 0 Å². The van der Waals surface area contributed by atoms with Crippen molar-refractivity contribution < 1.29 is 9.90 Å². The van der Waals surface area contributed by atoms with E-state index in [9.17, 15) is 4.79 Å². The van der Waals surface area contributed by atoms with E-state index in [-0.39, 0.29) is 0 Å². The number of aliphatic imine (C=N–C) groups is 1. The molecule has 0 aromatic carbocycles. The Morgan fingerprint density at radius 2 is 2.50 bits per heavy atom. The van der Waals surface area contributed by atoms with Crippen LogP contribution in [0.2, 0.25) is 0 Å². The van der Waals surface area contributed by atoms with Crippen LogP contribution in [-0.4, -0.2) is 29.2 Å². The summed E-state index contributed by atoms with van der Waals surface area (Å²) >= 11 is 0. The van der Waals surface area contributed by atoms with Crippen molar-refractivity contribution in [2.24, 2.45) is 16.5 Å². The van der Waals surface area contributed by atoms with Crippen molar-refractivity contribution in [3.05, 3.63) is 0 Å². The molecule has 0 radical (unpaired) electrons. The predicted molar refractivity (Wildman–Crippen MR) is 33.7 cm³/mol. The molecule has 0 spiro atoms. The van der Waals surface area contributed by atoms with Crippen LogP contribution in [0.5, 0.6) is 0 Å². The fourth-order valence-corrected chi connectivity index (χ4v) is 0.540. The van der Waals surface area contributed by atoms with Crippen molar-refractivity contribution in [2.75, 3.05) is 0 Å². The van der Waals surface area contributed by atoms with Gasteiger partial charge in [0.25, 0.3) is 5.91 Å². The quantitative estimate of drug-likeness (QED) is 0.272. The van der Waals surface area contributed by atoms with Crippen LogP contribution in [0.4, 0.5) is 0 Å². The Balaban J connectivity index is 2.83. The van der Waals surface area contributed by atoms with Crippen LogP contribution >= 0.6 is 0 Å². The topological polar surface area (TPSA) is 114 Å². The lowest BCUT2D eigenvalue weighted by molar-refractivity contribution is -0.134. The highest BCUT2D eigenvalue weighted by atomic mass is 16.3. The molecule has 0 saturated heterocycles. The number of carbonyl (C=O) groups excluding carboxylic acids is 1. The van der Waals surface area contributed by atoms with E-state index in [0.29, 0.717) is 0 Å². The third-order valence-electron chi connectivity index (χ3n) is 1.07. The van der Waals surface area contributed by atoms with Crippen molar-refractivity contribution in [2.45, 2.75) is 12.0 Å². The number of amides is 1. The molecule has 1 aliphatic heterocycles. The van der Waals surface area contributed by atoms with E-state index in [1.54, 1.807) is 0 Å². The second-order valence-electron chi connectivity index (χ2n) is 2.02. The first-order chi connectivity index (χ1) is 4.52. The van der Waals surface area contributed by atoms with Gasteiger partial charge in [-0.3, -0.25) is 21.3 Å². The van der Waals surface area contributed by atoms with Crippen LogP contribution in [0.25, 0.3) is 0 Å². The third kappa shape index (κ3) is 1.13. The van der Waals surface area contributed by atoms with Crippen LogP contribution in [-0.2, 0) is 4.79 Å². The van der Waals surface area contributed by atoms with Crippen molar-refractivity contribution >= 4 is 12.1 Å². The van der Waals surface area contributed by atoms with E-state index >= 15 is 0 Å². The van der Waals surface area contributed by atoms with Gasteiger partial charge in [0.1, 0.15) is 0 Å². The predicted octanol–water partition coefficient (Wildman–Crippen LogP) is -2.92. The molecular weight excluding hydrogens is 136 g/mol. The standard InChI is InChI=1S/C4H8N4O2/c5-3-7-1-4(6,10)2(9)8-3/h1,3,10H,5-6H2,(H,8,9). The summed E-state index contributed by atoms with van der Waals surface area (Å²) in [6.45, 7) is 0. The minimum Gasteiger partial charge on any atom is -0.363 e. The van der Waals surface area contributed by atoms with Crippen molar-refractivity contribution in [3.8, 4) is 0 Å². The van der Waals surface area contributed by atoms with Gasteiger partial charge in [-0.15, -0.1) is 0 Å². The fourth-order valence-electron chi connectivity index (χ4n) is 0.540. The first-order valence-electron chi connectivity index (χ1n) is 2.64. The van der Waals surface area contributed by atoms with Crippen molar-refractivity contribution in [1.29, 1.82) is 0 Å². The molecule has 1 aliphatic rings.